The summed E-state index contributed by atoms with van der Waals surface area (Å²) in [7, 11) is 0. The van der Waals surface area contributed by atoms with Crippen LogP contribution in [-0.2, 0) is 6.54 Å². The lowest BCUT2D eigenvalue weighted by molar-refractivity contribution is 0.163. The van der Waals surface area contributed by atoms with Gasteiger partial charge in [-0.3, -0.25) is 0 Å². The minimum Gasteiger partial charge on any atom is -0.394 e. The second-order valence-corrected chi connectivity index (χ2v) is 6.37. The number of hydrogen-bond acceptors (Lipinski definition) is 3. The van der Waals surface area contributed by atoms with Crippen LogP contribution in [0, 0.1) is 0 Å². The number of rotatable bonds is 6. The molecule has 0 saturated heterocycles. The van der Waals surface area contributed by atoms with Gasteiger partial charge < -0.3 is 10.4 Å². The Kier molecular flexibility index (Phi) is 5.26. The van der Waals surface area contributed by atoms with E-state index in [1.54, 1.807) is 11.3 Å². The van der Waals surface area contributed by atoms with Gasteiger partial charge in [-0.1, -0.05) is 13.3 Å². The number of aliphatic hydroxyl groups is 1. The van der Waals surface area contributed by atoms with Crippen molar-refractivity contribution in [1.29, 1.82) is 0 Å². The van der Waals surface area contributed by atoms with Crippen LogP contribution in [0.5, 0.6) is 0 Å². The zero-order valence-electron chi connectivity index (χ0n) is 9.22. The Morgan fingerprint density at radius 2 is 2.33 bits per heavy atom. The molecular formula is C11H18BrNOS. The van der Waals surface area contributed by atoms with Gasteiger partial charge in [0, 0.05) is 12.1 Å². The molecule has 86 valence electrons. The molecule has 0 fully saturated rings. The highest BCUT2D eigenvalue weighted by atomic mass is 79.9. The van der Waals surface area contributed by atoms with Gasteiger partial charge in [-0.25, -0.2) is 0 Å². The first-order valence-electron chi connectivity index (χ1n) is 5.18. The number of hydrogen-bond donors (Lipinski definition) is 2. The van der Waals surface area contributed by atoms with Gasteiger partial charge in [-0.05, 0) is 46.3 Å². The topological polar surface area (TPSA) is 32.3 Å². The third kappa shape index (κ3) is 4.23. The van der Waals surface area contributed by atoms with E-state index >= 15 is 0 Å². The predicted octanol–water partition coefficient (Wildman–Crippen LogP) is 3.15. The fraction of sp³-hybridized carbons (Fsp3) is 0.636. The third-order valence-corrected chi connectivity index (χ3v) is 4.05. The van der Waals surface area contributed by atoms with Crippen LogP contribution in [0.2, 0.25) is 0 Å². The predicted molar refractivity (Wildman–Crippen MR) is 69.3 cm³/mol. The van der Waals surface area contributed by atoms with Crippen LogP contribution < -0.4 is 5.32 Å². The summed E-state index contributed by atoms with van der Waals surface area (Å²) in [6.45, 7) is 5.21. The van der Waals surface area contributed by atoms with Gasteiger partial charge in [-0.2, -0.15) is 0 Å². The number of halogens is 1. The van der Waals surface area contributed by atoms with E-state index in [1.807, 2.05) is 0 Å². The Balaban J connectivity index is 2.47. The first-order valence-corrected chi connectivity index (χ1v) is 6.86. The molecular weight excluding hydrogens is 274 g/mol. The van der Waals surface area contributed by atoms with E-state index in [0.29, 0.717) is 0 Å². The second kappa shape index (κ2) is 5.99. The van der Waals surface area contributed by atoms with Gasteiger partial charge in [0.15, 0.2) is 0 Å². The molecule has 1 rings (SSSR count). The minimum absolute atomic E-state index is 0.150. The monoisotopic (exact) mass is 291 g/mol. The van der Waals surface area contributed by atoms with Crippen molar-refractivity contribution in [3.63, 3.8) is 0 Å². The summed E-state index contributed by atoms with van der Waals surface area (Å²) in [5, 5.41) is 14.9. The Morgan fingerprint density at radius 1 is 1.60 bits per heavy atom. The van der Waals surface area contributed by atoms with Gasteiger partial charge in [0.1, 0.15) is 0 Å². The molecule has 1 atom stereocenters. The summed E-state index contributed by atoms with van der Waals surface area (Å²) in [6, 6.07) is 2.11. The number of thiophene rings is 1. The summed E-state index contributed by atoms with van der Waals surface area (Å²) in [5.41, 5.74) is 1.12. The zero-order chi connectivity index (χ0) is 11.3. The van der Waals surface area contributed by atoms with Crippen LogP contribution in [0.3, 0.4) is 0 Å². The maximum atomic E-state index is 9.33. The molecule has 1 aromatic rings. The van der Waals surface area contributed by atoms with Gasteiger partial charge in [0.2, 0.25) is 0 Å². The molecule has 4 heteroatoms. The van der Waals surface area contributed by atoms with Crippen molar-refractivity contribution in [2.24, 2.45) is 0 Å². The van der Waals surface area contributed by atoms with Gasteiger partial charge in [-0.15, -0.1) is 11.3 Å². The molecule has 0 aliphatic heterocycles. The first kappa shape index (κ1) is 13.2. The van der Waals surface area contributed by atoms with E-state index in [1.165, 1.54) is 5.56 Å². The highest BCUT2D eigenvalue weighted by Crippen LogP contribution is 2.21. The first-order chi connectivity index (χ1) is 7.09. The molecule has 0 aromatic carbocycles. The van der Waals surface area contributed by atoms with E-state index in [-0.39, 0.29) is 12.1 Å². The summed E-state index contributed by atoms with van der Waals surface area (Å²) in [4.78, 5) is 0. The SMILES string of the molecule is CCC[C@@](C)(CO)NCc1csc(Br)c1. The van der Waals surface area contributed by atoms with E-state index in [0.717, 1.165) is 23.2 Å². The molecule has 0 spiro atoms. The highest BCUT2D eigenvalue weighted by Gasteiger charge is 2.21. The quantitative estimate of drug-likeness (QED) is 0.844. The second-order valence-electron chi connectivity index (χ2n) is 4.08. The van der Waals surface area contributed by atoms with Crippen molar-refractivity contribution in [3.8, 4) is 0 Å². The molecule has 0 radical (unpaired) electrons. The molecule has 0 bridgehead atoms. The van der Waals surface area contributed by atoms with Gasteiger partial charge in [0.25, 0.3) is 0 Å². The lowest BCUT2D eigenvalue weighted by atomic mass is 9.97. The van der Waals surface area contributed by atoms with Crippen molar-refractivity contribution in [1.82, 2.24) is 5.32 Å². The molecule has 15 heavy (non-hydrogen) atoms. The molecule has 0 amide bonds. The molecule has 2 N–H and O–H groups in total. The normalized spacial score (nSPS) is 15.2. The fourth-order valence-corrected chi connectivity index (χ4v) is 2.74. The van der Waals surface area contributed by atoms with Crippen LogP contribution in [0.25, 0.3) is 0 Å². The van der Waals surface area contributed by atoms with E-state index in [2.05, 4.69) is 46.5 Å². The van der Waals surface area contributed by atoms with Crippen LogP contribution in [-0.4, -0.2) is 17.3 Å². The Bertz CT molecular complexity index is 303. The summed E-state index contributed by atoms with van der Waals surface area (Å²) >= 11 is 5.13. The Morgan fingerprint density at radius 3 is 2.80 bits per heavy atom. The lowest BCUT2D eigenvalue weighted by Crippen LogP contribution is -2.45. The molecule has 0 aliphatic carbocycles. The molecule has 0 unspecified atom stereocenters. The van der Waals surface area contributed by atoms with Crippen LogP contribution in [0.1, 0.15) is 32.3 Å². The largest absolute Gasteiger partial charge is 0.394 e. The smallest absolute Gasteiger partial charge is 0.0701 e. The van der Waals surface area contributed by atoms with E-state index in [4.69, 9.17) is 0 Å². The van der Waals surface area contributed by atoms with Crippen LogP contribution >= 0.6 is 27.3 Å². The van der Waals surface area contributed by atoms with Crippen molar-refractivity contribution in [2.75, 3.05) is 6.61 Å². The van der Waals surface area contributed by atoms with Gasteiger partial charge >= 0.3 is 0 Å². The minimum atomic E-state index is -0.150. The molecule has 2 nitrogen and oxygen atoms in total. The molecule has 0 saturated carbocycles. The molecule has 1 aromatic heterocycles. The number of aliphatic hydroxyl groups excluding tert-OH is 1. The van der Waals surface area contributed by atoms with Crippen molar-refractivity contribution in [3.05, 3.63) is 20.8 Å². The standard InChI is InChI=1S/C11H18BrNOS/c1-3-4-11(2,8-14)13-6-9-5-10(12)15-7-9/h5,7,13-14H,3-4,6,8H2,1-2H3/t11-/m0/s1. The van der Waals surface area contributed by atoms with Crippen molar-refractivity contribution in [2.45, 2.75) is 38.8 Å². The van der Waals surface area contributed by atoms with Gasteiger partial charge in [0.05, 0.1) is 10.4 Å². The maximum Gasteiger partial charge on any atom is 0.0701 e. The molecule has 0 aliphatic rings. The van der Waals surface area contributed by atoms with E-state index in [9.17, 15) is 5.11 Å². The zero-order valence-corrected chi connectivity index (χ0v) is 11.6. The summed E-state index contributed by atoms with van der Waals surface area (Å²) in [6.07, 6.45) is 2.08. The lowest BCUT2D eigenvalue weighted by Gasteiger charge is -2.28. The fourth-order valence-electron chi connectivity index (χ4n) is 1.53. The summed E-state index contributed by atoms with van der Waals surface area (Å²) in [5.74, 6) is 0. The Labute approximate surface area is 104 Å². The third-order valence-electron chi connectivity index (χ3n) is 2.49. The number of nitrogens with one attached hydrogen (secondary N) is 1. The van der Waals surface area contributed by atoms with Crippen LogP contribution in [0.15, 0.2) is 15.2 Å². The average Bonchev–Trinajstić information content (AvgIpc) is 2.62. The van der Waals surface area contributed by atoms with E-state index < -0.39 is 0 Å². The maximum absolute atomic E-state index is 9.33. The average molecular weight is 292 g/mol. The van der Waals surface area contributed by atoms with Crippen molar-refractivity contribution < 1.29 is 5.11 Å². The molecule has 1 heterocycles. The highest BCUT2D eigenvalue weighted by molar-refractivity contribution is 9.11. The van der Waals surface area contributed by atoms with Crippen LogP contribution in [0.4, 0.5) is 0 Å². The Hall–Kier alpha value is 0.100. The summed E-state index contributed by atoms with van der Waals surface area (Å²) < 4.78 is 1.15. The van der Waals surface area contributed by atoms with Crippen molar-refractivity contribution >= 4 is 27.3 Å².